The van der Waals surface area contributed by atoms with Gasteiger partial charge in [0.15, 0.2) is 5.11 Å². The average molecular weight is 367 g/mol. The van der Waals surface area contributed by atoms with Gasteiger partial charge in [0.05, 0.1) is 0 Å². The van der Waals surface area contributed by atoms with Crippen LogP contribution in [0.5, 0.6) is 0 Å². The number of carboxylic acid groups (broad SMARTS) is 1. The number of carbonyl (C=O) groups excluding carboxylic acids is 1. The highest BCUT2D eigenvalue weighted by molar-refractivity contribution is 7.80. The molecule has 0 radical (unpaired) electrons. The van der Waals surface area contributed by atoms with E-state index in [0.29, 0.717) is 18.1 Å². The zero-order valence-electron chi connectivity index (χ0n) is 14.5. The Morgan fingerprint density at radius 2 is 1.88 bits per heavy atom. The summed E-state index contributed by atoms with van der Waals surface area (Å²) < 4.78 is 5.04. The summed E-state index contributed by atoms with van der Waals surface area (Å²) in [6, 6.07) is 8.40. The smallest absolute Gasteiger partial charge is 0.408 e. The molecule has 1 aromatic rings. The van der Waals surface area contributed by atoms with Crippen LogP contribution in [0.2, 0.25) is 0 Å². The first-order valence-electron chi connectivity index (χ1n) is 8.13. The fourth-order valence-corrected chi connectivity index (χ4v) is 2.32. The molecule has 8 heteroatoms. The molecule has 0 aliphatic carbocycles. The third-order valence-electron chi connectivity index (χ3n) is 3.18. The number of alkyl carbamates (subject to hydrolysis) is 1. The second kappa shape index (κ2) is 11.2. The van der Waals surface area contributed by atoms with Gasteiger partial charge >= 0.3 is 12.1 Å². The molecule has 0 saturated carbocycles. The summed E-state index contributed by atoms with van der Waals surface area (Å²) in [6.45, 7) is 4.55. The third kappa shape index (κ3) is 9.51. The number of benzene rings is 1. The maximum Gasteiger partial charge on any atom is 0.408 e. The van der Waals surface area contributed by atoms with Crippen LogP contribution in [-0.2, 0) is 16.1 Å². The Balaban J connectivity index is 2.30. The van der Waals surface area contributed by atoms with Crippen molar-refractivity contribution in [1.29, 1.82) is 0 Å². The minimum Gasteiger partial charge on any atom is -0.480 e. The first-order chi connectivity index (χ1) is 11.9. The quantitative estimate of drug-likeness (QED) is 0.391. The first-order valence-corrected chi connectivity index (χ1v) is 8.53. The molecule has 7 nitrogen and oxygen atoms in total. The van der Waals surface area contributed by atoms with Crippen molar-refractivity contribution >= 4 is 29.4 Å². The molecule has 0 heterocycles. The number of nitrogens with one attached hydrogen (secondary N) is 3. The van der Waals surface area contributed by atoms with E-state index in [2.05, 4.69) is 16.0 Å². The summed E-state index contributed by atoms with van der Waals surface area (Å²) in [5, 5.41) is 18.1. The molecular formula is C17H25N3O4S. The van der Waals surface area contributed by atoms with E-state index in [9.17, 15) is 14.7 Å². The van der Waals surface area contributed by atoms with Crippen molar-refractivity contribution in [2.24, 2.45) is 0 Å². The Morgan fingerprint density at radius 1 is 1.20 bits per heavy atom. The van der Waals surface area contributed by atoms with Crippen LogP contribution in [0.3, 0.4) is 0 Å². The molecule has 0 bridgehead atoms. The minimum absolute atomic E-state index is 0.0930. The Morgan fingerprint density at radius 3 is 2.48 bits per heavy atom. The number of hydrogen-bond acceptors (Lipinski definition) is 4. The van der Waals surface area contributed by atoms with E-state index in [1.54, 1.807) is 0 Å². The highest BCUT2D eigenvalue weighted by atomic mass is 32.1. The molecule has 1 aromatic carbocycles. The van der Waals surface area contributed by atoms with Gasteiger partial charge in [-0.3, -0.25) is 0 Å². The van der Waals surface area contributed by atoms with Gasteiger partial charge in [0, 0.05) is 12.6 Å². The van der Waals surface area contributed by atoms with Crippen molar-refractivity contribution in [3.05, 3.63) is 35.9 Å². The molecule has 1 rings (SSSR count). The van der Waals surface area contributed by atoms with Crippen molar-refractivity contribution in [2.45, 2.75) is 45.4 Å². The molecular weight excluding hydrogens is 342 g/mol. The van der Waals surface area contributed by atoms with Crippen molar-refractivity contribution in [1.82, 2.24) is 16.0 Å². The van der Waals surface area contributed by atoms with Gasteiger partial charge in [0.1, 0.15) is 12.6 Å². The van der Waals surface area contributed by atoms with Crippen LogP contribution in [0.25, 0.3) is 0 Å². The monoisotopic (exact) mass is 367 g/mol. The molecule has 4 N–H and O–H groups in total. The largest absolute Gasteiger partial charge is 0.480 e. The second-order valence-corrected chi connectivity index (χ2v) is 6.20. The molecule has 0 saturated heterocycles. The molecule has 0 aromatic heterocycles. The van der Waals surface area contributed by atoms with Gasteiger partial charge in [-0.15, -0.1) is 0 Å². The molecule has 0 spiro atoms. The molecule has 0 unspecified atom stereocenters. The second-order valence-electron chi connectivity index (χ2n) is 5.79. The molecule has 138 valence electrons. The zero-order chi connectivity index (χ0) is 18.7. The van der Waals surface area contributed by atoms with Crippen LogP contribution in [0.1, 0.15) is 32.3 Å². The van der Waals surface area contributed by atoms with Crippen molar-refractivity contribution in [3.63, 3.8) is 0 Å². The van der Waals surface area contributed by atoms with Crippen LogP contribution >= 0.6 is 12.2 Å². The van der Waals surface area contributed by atoms with Gasteiger partial charge in [0.2, 0.25) is 0 Å². The Bertz CT molecular complexity index is 566. The number of carboxylic acids is 1. The summed E-state index contributed by atoms with van der Waals surface area (Å²) >= 11 is 5.08. The fourth-order valence-electron chi connectivity index (χ4n) is 1.99. The molecule has 1 amide bonds. The highest BCUT2D eigenvalue weighted by Crippen LogP contribution is 2.02. The van der Waals surface area contributed by atoms with E-state index in [1.165, 1.54) is 0 Å². The lowest BCUT2D eigenvalue weighted by Crippen LogP contribution is -2.42. The number of ether oxygens (including phenoxy) is 1. The molecule has 0 fully saturated rings. The maximum atomic E-state index is 11.8. The predicted molar refractivity (Wildman–Crippen MR) is 99.3 cm³/mol. The molecule has 0 aliphatic rings. The van der Waals surface area contributed by atoms with E-state index < -0.39 is 18.1 Å². The standard InChI is InChI=1S/C17H25N3O4S/c1-12(2)19-16(25)18-10-6-9-14(15(21)22)20-17(23)24-11-13-7-4-3-5-8-13/h3-5,7-8,12,14H,6,9-11H2,1-2H3,(H,20,23)(H,21,22)(H2,18,19,25)/t14-/m0/s1. The number of hydrogen-bond donors (Lipinski definition) is 4. The number of carbonyl (C=O) groups is 2. The number of rotatable bonds is 9. The van der Waals surface area contributed by atoms with Crippen LogP contribution in [0, 0.1) is 0 Å². The highest BCUT2D eigenvalue weighted by Gasteiger charge is 2.20. The Labute approximate surface area is 153 Å². The third-order valence-corrected chi connectivity index (χ3v) is 3.44. The van der Waals surface area contributed by atoms with Crippen LogP contribution in [0.4, 0.5) is 4.79 Å². The summed E-state index contributed by atoms with van der Waals surface area (Å²) in [6.07, 6.45) is 0.0596. The summed E-state index contributed by atoms with van der Waals surface area (Å²) in [4.78, 5) is 23.0. The van der Waals surface area contributed by atoms with Gasteiger partial charge in [-0.1, -0.05) is 30.3 Å². The number of aliphatic carboxylic acids is 1. The van der Waals surface area contributed by atoms with Crippen LogP contribution < -0.4 is 16.0 Å². The maximum absolute atomic E-state index is 11.8. The van der Waals surface area contributed by atoms with E-state index in [1.807, 2.05) is 44.2 Å². The summed E-state index contributed by atoms with van der Waals surface area (Å²) in [5.41, 5.74) is 0.833. The summed E-state index contributed by atoms with van der Waals surface area (Å²) in [7, 11) is 0. The molecule has 25 heavy (non-hydrogen) atoms. The first kappa shape index (κ1) is 20.7. The minimum atomic E-state index is -1.10. The lowest BCUT2D eigenvalue weighted by Gasteiger charge is -2.16. The van der Waals surface area contributed by atoms with Gasteiger partial charge < -0.3 is 25.8 Å². The average Bonchev–Trinajstić information content (AvgIpc) is 2.55. The van der Waals surface area contributed by atoms with Gasteiger partial charge in [-0.2, -0.15) is 0 Å². The molecule has 1 atom stereocenters. The zero-order valence-corrected chi connectivity index (χ0v) is 15.3. The van der Waals surface area contributed by atoms with Crippen molar-refractivity contribution in [2.75, 3.05) is 6.54 Å². The van der Waals surface area contributed by atoms with E-state index in [4.69, 9.17) is 17.0 Å². The molecule has 0 aliphatic heterocycles. The van der Waals surface area contributed by atoms with Crippen LogP contribution in [0.15, 0.2) is 30.3 Å². The lowest BCUT2D eigenvalue weighted by atomic mass is 10.1. The van der Waals surface area contributed by atoms with Crippen molar-refractivity contribution < 1.29 is 19.4 Å². The fraction of sp³-hybridized carbons (Fsp3) is 0.471. The van der Waals surface area contributed by atoms with Gasteiger partial charge in [-0.05, 0) is 44.5 Å². The topological polar surface area (TPSA) is 99.7 Å². The lowest BCUT2D eigenvalue weighted by molar-refractivity contribution is -0.139. The van der Waals surface area contributed by atoms with E-state index in [-0.39, 0.29) is 19.1 Å². The Kier molecular flexibility index (Phi) is 9.31. The normalized spacial score (nSPS) is 11.5. The SMILES string of the molecule is CC(C)NC(=S)NCCC[C@H](NC(=O)OCc1ccccc1)C(=O)O. The summed E-state index contributed by atoms with van der Waals surface area (Å²) in [5.74, 6) is -1.10. The van der Waals surface area contributed by atoms with Gasteiger partial charge in [-0.25, -0.2) is 9.59 Å². The van der Waals surface area contributed by atoms with Crippen molar-refractivity contribution in [3.8, 4) is 0 Å². The Hall–Kier alpha value is -2.35. The van der Waals surface area contributed by atoms with Crippen LogP contribution in [-0.4, -0.2) is 40.9 Å². The van der Waals surface area contributed by atoms with E-state index >= 15 is 0 Å². The number of thiocarbonyl (C=S) groups is 1. The predicted octanol–water partition coefficient (Wildman–Crippen LogP) is 2.02. The number of amides is 1. The van der Waals surface area contributed by atoms with Gasteiger partial charge in [0.25, 0.3) is 0 Å². The van der Waals surface area contributed by atoms with E-state index in [0.717, 1.165) is 5.56 Å².